The van der Waals surface area contributed by atoms with Crippen LogP contribution in [0.1, 0.15) is 42.1 Å². The van der Waals surface area contributed by atoms with Gasteiger partial charge in [0.2, 0.25) is 0 Å². The molecule has 4 heteroatoms. The van der Waals surface area contributed by atoms with E-state index in [1.807, 2.05) is 12.1 Å². The Morgan fingerprint density at radius 1 is 1.43 bits per heavy atom. The molecule has 2 aliphatic rings. The fourth-order valence-corrected chi connectivity index (χ4v) is 3.38. The zero-order valence-corrected chi connectivity index (χ0v) is 13.0. The van der Waals surface area contributed by atoms with E-state index in [9.17, 15) is 4.79 Å². The summed E-state index contributed by atoms with van der Waals surface area (Å²) in [5.41, 5.74) is 3.12. The van der Waals surface area contributed by atoms with Crippen molar-refractivity contribution in [1.29, 1.82) is 0 Å². The molecule has 1 aromatic carbocycles. The van der Waals surface area contributed by atoms with Gasteiger partial charge in [-0.05, 0) is 51.3 Å². The van der Waals surface area contributed by atoms with Crippen LogP contribution in [0.5, 0.6) is 0 Å². The second-order valence-electron chi connectivity index (χ2n) is 6.39. The van der Waals surface area contributed by atoms with Crippen LogP contribution in [0.4, 0.5) is 5.69 Å². The van der Waals surface area contributed by atoms with Crippen molar-refractivity contribution in [3.8, 4) is 0 Å². The summed E-state index contributed by atoms with van der Waals surface area (Å²) in [7, 11) is 2.15. The molecule has 2 unspecified atom stereocenters. The van der Waals surface area contributed by atoms with Gasteiger partial charge in [-0.1, -0.05) is 12.1 Å². The molecule has 1 aromatic rings. The first-order chi connectivity index (χ1) is 10.1. The van der Waals surface area contributed by atoms with E-state index >= 15 is 0 Å². The molecule has 1 amide bonds. The minimum absolute atomic E-state index is 0.0722. The number of likely N-dealkylation sites (tertiary alicyclic amines) is 1. The normalized spacial score (nSPS) is 25.8. The molecule has 0 spiro atoms. The highest BCUT2D eigenvalue weighted by molar-refractivity contribution is 6.00. The maximum atomic E-state index is 12.6. The number of rotatable bonds is 2. The molecule has 0 radical (unpaired) electrons. The van der Waals surface area contributed by atoms with E-state index < -0.39 is 0 Å². The number of nitrogens with zero attached hydrogens (tertiary/aromatic N) is 1. The molecule has 2 aliphatic heterocycles. The van der Waals surface area contributed by atoms with Crippen molar-refractivity contribution in [1.82, 2.24) is 10.2 Å². The molecule has 0 bridgehead atoms. The number of benzene rings is 1. The van der Waals surface area contributed by atoms with Crippen molar-refractivity contribution in [2.24, 2.45) is 0 Å². The molecule has 4 nitrogen and oxygen atoms in total. The lowest BCUT2D eigenvalue weighted by Gasteiger charge is -2.35. The lowest BCUT2D eigenvalue weighted by molar-refractivity contribution is 0.0897. The summed E-state index contributed by atoms with van der Waals surface area (Å²) in [6, 6.07) is 6.88. The van der Waals surface area contributed by atoms with Gasteiger partial charge in [0.15, 0.2) is 0 Å². The smallest absolute Gasteiger partial charge is 0.253 e. The van der Waals surface area contributed by atoms with E-state index in [4.69, 9.17) is 0 Å². The predicted molar refractivity (Wildman–Crippen MR) is 85.8 cm³/mol. The third kappa shape index (κ3) is 3.05. The Balaban J connectivity index is 1.71. The summed E-state index contributed by atoms with van der Waals surface area (Å²) >= 11 is 0. The Kier molecular flexibility index (Phi) is 4.15. The van der Waals surface area contributed by atoms with Crippen LogP contribution >= 0.6 is 0 Å². The first-order valence-corrected chi connectivity index (χ1v) is 8.02. The van der Waals surface area contributed by atoms with Gasteiger partial charge in [-0.3, -0.25) is 4.79 Å². The highest BCUT2D eigenvalue weighted by Crippen LogP contribution is 2.26. The minimum atomic E-state index is 0.0722. The van der Waals surface area contributed by atoms with Gasteiger partial charge in [0.1, 0.15) is 0 Å². The SMILES string of the molecule is CC1CC(NC(=O)c2cccc3c2NCCC3)CCN1C. The minimum Gasteiger partial charge on any atom is -0.384 e. The highest BCUT2D eigenvalue weighted by atomic mass is 16.1. The van der Waals surface area contributed by atoms with Crippen LogP contribution in [0, 0.1) is 0 Å². The molecule has 2 atom stereocenters. The fourth-order valence-electron chi connectivity index (χ4n) is 3.38. The number of aryl methyl sites for hydroxylation is 1. The van der Waals surface area contributed by atoms with Gasteiger partial charge >= 0.3 is 0 Å². The van der Waals surface area contributed by atoms with Gasteiger partial charge in [0.05, 0.1) is 11.3 Å². The summed E-state index contributed by atoms with van der Waals surface area (Å²) in [6.07, 6.45) is 4.28. The molecule has 1 saturated heterocycles. The zero-order chi connectivity index (χ0) is 14.8. The third-order valence-corrected chi connectivity index (χ3v) is 4.86. The van der Waals surface area contributed by atoms with Crippen molar-refractivity contribution >= 4 is 11.6 Å². The van der Waals surface area contributed by atoms with Crippen molar-refractivity contribution in [3.63, 3.8) is 0 Å². The number of nitrogens with one attached hydrogen (secondary N) is 2. The molecule has 0 aliphatic carbocycles. The van der Waals surface area contributed by atoms with Gasteiger partial charge in [0, 0.05) is 25.2 Å². The Hall–Kier alpha value is -1.55. The Morgan fingerprint density at radius 2 is 2.29 bits per heavy atom. The number of hydrogen-bond acceptors (Lipinski definition) is 3. The maximum Gasteiger partial charge on any atom is 0.253 e. The molecule has 1 fully saturated rings. The summed E-state index contributed by atoms with van der Waals surface area (Å²) in [4.78, 5) is 15.0. The average Bonchev–Trinajstić information content (AvgIpc) is 2.50. The summed E-state index contributed by atoms with van der Waals surface area (Å²) < 4.78 is 0. The molecular formula is C17H25N3O. The van der Waals surface area contributed by atoms with E-state index in [1.54, 1.807) is 0 Å². The molecular weight excluding hydrogens is 262 g/mol. The number of amides is 1. The van der Waals surface area contributed by atoms with Gasteiger partial charge in [-0.25, -0.2) is 0 Å². The number of fused-ring (bicyclic) bond motifs is 1. The van der Waals surface area contributed by atoms with Crippen LogP contribution < -0.4 is 10.6 Å². The van der Waals surface area contributed by atoms with Crippen molar-refractivity contribution in [2.75, 3.05) is 25.5 Å². The standard InChI is InChI=1S/C17H25N3O/c1-12-11-14(8-10-20(12)2)19-17(21)15-7-3-5-13-6-4-9-18-16(13)15/h3,5,7,12,14,18H,4,6,8-11H2,1-2H3,(H,19,21). The van der Waals surface area contributed by atoms with Crippen LogP contribution in [-0.2, 0) is 6.42 Å². The van der Waals surface area contributed by atoms with Crippen LogP contribution in [0.3, 0.4) is 0 Å². The van der Waals surface area contributed by atoms with Crippen LogP contribution in [0.2, 0.25) is 0 Å². The first kappa shape index (κ1) is 14.4. The predicted octanol–water partition coefficient (Wildman–Crippen LogP) is 2.26. The van der Waals surface area contributed by atoms with Gasteiger partial charge in [0.25, 0.3) is 5.91 Å². The number of carbonyl (C=O) groups excluding carboxylic acids is 1. The second kappa shape index (κ2) is 6.06. The molecule has 3 rings (SSSR count). The van der Waals surface area contributed by atoms with Gasteiger partial charge in [-0.15, -0.1) is 0 Å². The number of carbonyl (C=O) groups is 1. The number of para-hydroxylation sites is 1. The molecule has 2 heterocycles. The summed E-state index contributed by atoms with van der Waals surface area (Å²) in [5, 5.41) is 6.63. The van der Waals surface area contributed by atoms with Gasteiger partial charge in [-0.2, -0.15) is 0 Å². The highest BCUT2D eigenvalue weighted by Gasteiger charge is 2.25. The van der Waals surface area contributed by atoms with E-state index in [0.29, 0.717) is 12.1 Å². The summed E-state index contributed by atoms with van der Waals surface area (Å²) in [6.45, 7) is 4.24. The quantitative estimate of drug-likeness (QED) is 0.877. The maximum absolute atomic E-state index is 12.6. The first-order valence-electron chi connectivity index (χ1n) is 8.02. The van der Waals surface area contributed by atoms with Gasteiger partial charge < -0.3 is 15.5 Å². The van der Waals surface area contributed by atoms with Crippen LogP contribution in [0.15, 0.2) is 18.2 Å². The fraction of sp³-hybridized carbons (Fsp3) is 0.588. The lowest BCUT2D eigenvalue weighted by Crippen LogP contribution is -2.47. The monoisotopic (exact) mass is 287 g/mol. The summed E-state index contributed by atoms with van der Waals surface area (Å²) in [5.74, 6) is 0.0722. The van der Waals surface area contributed by atoms with Crippen LogP contribution in [-0.4, -0.2) is 43.0 Å². The van der Waals surface area contributed by atoms with Crippen LogP contribution in [0.25, 0.3) is 0 Å². The molecule has 0 aromatic heterocycles. The largest absolute Gasteiger partial charge is 0.384 e. The molecule has 2 N–H and O–H groups in total. The molecule has 114 valence electrons. The number of anilines is 1. The lowest BCUT2D eigenvalue weighted by atomic mass is 9.96. The average molecular weight is 287 g/mol. The Bertz CT molecular complexity index is 529. The van der Waals surface area contributed by atoms with Crippen molar-refractivity contribution < 1.29 is 4.79 Å². The van der Waals surface area contributed by atoms with Crippen molar-refractivity contribution in [3.05, 3.63) is 29.3 Å². The second-order valence-corrected chi connectivity index (χ2v) is 6.39. The number of hydrogen-bond donors (Lipinski definition) is 2. The third-order valence-electron chi connectivity index (χ3n) is 4.86. The van der Waals surface area contributed by atoms with Crippen molar-refractivity contribution in [2.45, 2.75) is 44.7 Å². The van der Waals surface area contributed by atoms with E-state index in [2.05, 4.69) is 35.6 Å². The zero-order valence-electron chi connectivity index (χ0n) is 13.0. The van der Waals surface area contributed by atoms with E-state index in [-0.39, 0.29) is 5.91 Å². The van der Waals surface area contributed by atoms with E-state index in [1.165, 1.54) is 5.56 Å². The molecule has 21 heavy (non-hydrogen) atoms. The number of piperidine rings is 1. The van der Waals surface area contributed by atoms with E-state index in [0.717, 1.165) is 50.0 Å². The Labute approximate surface area is 126 Å². The molecule has 0 saturated carbocycles. The Morgan fingerprint density at radius 3 is 3.10 bits per heavy atom. The topological polar surface area (TPSA) is 44.4 Å².